The fourth-order valence-corrected chi connectivity index (χ4v) is 4.99. The van der Waals surface area contributed by atoms with Gasteiger partial charge in [-0.3, -0.25) is 52.7 Å². The number of hydrogen-bond donors (Lipinski definition) is 7. The first kappa shape index (κ1) is 44.0. The maximum absolute atomic E-state index is 12.4. The minimum Gasteiger partial charge on any atom is -0.435 e. The molecule has 8 unspecified atom stereocenters. The van der Waals surface area contributed by atoms with Crippen LogP contribution < -0.4 is 16.2 Å². The maximum Gasteiger partial charge on any atom is 0.397 e. The molecule has 3 rings (SSSR count). The molecule has 0 aromatic carbocycles. The second kappa shape index (κ2) is 20.3. The van der Waals surface area contributed by atoms with Gasteiger partial charge in [-0.05, 0) is 0 Å². The Labute approximate surface area is 309 Å². The van der Waals surface area contributed by atoms with Gasteiger partial charge in [-0.2, -0.15) is 18.6 Å². The van der Waals surface area contributed by atoms with Crippen LogP contribution in [0.25, 0.3) is 0 Å². The zero-order valence-electron chi connectivity index (χ0n) is 28.3. The van der Waals surface area contributed by atoms with Gasteiger partial charge in [0.1, 0.15) is 24.4 Å². The van der Waals surface area contributed by atoms with Crippen LogP contribution in [0.1, 0.15) is 19.8 Å². The number of carbonyl (C=O) groups is 8. The number of imide groups is 2. The van der Waals surface area contributed by atoms with E-state index in [2.05, 4.69) is 19.7 Å². The molecular weight excluding hydrogens is 770 g/mol. The highest BCUT2D eigenvalue weighted by molar-refractivity contribution is 7.80. The monoisotopic (exact) mass is 805 g/mol. The molecule has 7 N–H and O–H groups in total. The molecule has 0 radical (unpaired) electrons. The first-order chi connectivity index (χ1) is 25.9. The number of aliphatic hydroxyl groups excluding tert-OH is 3. The Morgan fingerprint density at radius 2 is 1.44 bits per heavy atom. The number of rotatable bonds is 21. The number of nitrogens with one attached hydrogen (secondary N) is 3. The summed E-state index contributed by atoms with van der Waals surface area (Å²) in [6.07, 6.45) is -9.58. The van der Waals surface area contributed by atoms with E-state index < -0.39 is 121 Å². The highest BCUT2D eigenvalue weighted by Gasteiger charge is 2.48. The molecule has 3 aliphatic heterocycles. The van der Waals surface area contributed by atoms with Gasteiger partial charge in [-0.25, -0.2) is 15.0 Å². The van der Waals surface area contributed by atoms with Gasteiger partial charge in [-0.15, -0.1) is 0 Å². The van der Waals surface area contributed by atoms with Crippen molar-refractivity contribution in [1.29, 1.82) is 0 Å². The van der Waals surface area contributed by atoms with Crippen molar-refractivity contribution in [2.45, 2.75) is 69.1 Å². The molecule has 302 valence electrons. The van der Waals surface area contributed by atoms with Crippen molar-refractivity contribution < 1.29 is 89.8 Å². The van der Waals surface area contributed by atoms with Crippen LogP contribution in [0.15, 0.2) is 34.5 Å². The first-order valence-electron chi connectivity index (χ1n) is 15.6. The van der Waals surface area contributed by atoms with Crippen molar-refractivity contribution in [3.8, 4) is 0 Å². The summed E-state index contributed by atoms with van der Waals surface area (Å²) in [7, 11) is -5.09. The highest BCUT2D eigenvalue weighted by atomic mass is 32.3. The largest absolute Gasteiger partial charge is 0.435 e. The quantitative estimate of drug-likeness (QED) is 0.0142. The number of carbonyl (C=O) groups excluding carboxylic acids is 8. The molecule has 3 heterocycles. The molecule has 3 aliphatic rings. The molecule has 0 aromatic rings. The maximum atomic E-state index is 12.4. The molecule has 0 saturated carbocycles. The van der Waals surface area contributed by atoms with Crippen LogP contribution in [0.2, 0.25) is 0 Å². The van der Waals surface area contributed by atoms with Gasteiger partial charge >= 0.3 is 10.4 Å². The van der Waals surface area contributed by atoms with Crippen molar-refractivity contribution >= 4 is 70.7 Å². The second-order valence-electron chi connectivity index (χ2n) is 11.1. The molecule has 0 spiro atoms. The van der Waals surface area contributed by atoms with Gasteiger partial charge < -0.3 is 39.6 Å². The van der Waals surface area contributed by atoms with E-state index in [0.29, 0.717) is 12.4 Å². The SMILES string of the molecule is CC(=O)NC1C(O)OC(COS(=O)(=O)O)C(O)C1OC(/C=N\NC(=O)CCN1C(=O)C=CC1=O)OC(OC=O)C(O)/C=N/NC(=O)CCN1C(=O)C=CC1=O. The lowest BCUT2D eigenvalue weighted by Gasteiger charge is -2.43. The number of hydrogen-bond acceptors (Lipinski definition) is 20. The van der Waals surface area contributed by atoms with Crippen molar-refractivity contribution in [2.75, 3.05) is 19.7 Å². The van der Waals surface area contributed by atoms with Gasteiger partial charge in [-0.1, -0.05) is 0 Å². The van der Waals surface area contributed by atoms with Gasteiger partial charge in [0.15, 0.2) is 18.7 Å². The Kier molecular flexibility index (Phi) is 16.3. The van der Waals surface area contributed by atoms with Crippen LogP contribution in [0.3, 0.4) is 0 Å². The predicted molar refractivity (Wildman–Crippen MR) is 173 cm³/mol. The Bertz CT molecular complexity index is 1680. The summed E-state index contributed by atoms with van der Waals surface area (Å²) in [6.45, 7) is -0.956. The fourth-order valence-electron chi connectivity index (χ4n) is 4.68. The van der Waals surface area contributed by atoms with Crippen LogP contribution in [0.5, 0.6) is 0 Å². The summed E-state index contributed by atoms with van der Waals surface area (Å²) in [6, 6.07) is -1.68. The lowest BCUT2D eigenvalue weighted by atomic mass is 9.96. The third-order valence-electron chi connectivity index (χ3n) is 7.20. The Hall–Kier alpha value is -5.39. The lowest BCUT2D eigenvalue weighted by Crippen LogP contribution is -2.65. The molecule has 7 amide bonds. The van der Waals surface area contributed by atoms with Crippen LogP contribution >= 0.6 is 0 Å². The lowest BCUT2D eigenvalue weighted by molar-refractivity contribution is -0.295. The summed E-state index contributed by atoms with van der Waals surface area (Å²) in [5, 5.41) is 41.6. The summed E-state index contributed by atoms with van der Waals surface area (Å²) < 4.78 is 56.4. The number of amides is 7. The van der Waals surface area contributed by atoms with Crippen molar-refractivity contribution in [1.82, 2.24) is 26.0 Å². The Morgan fingerprint density at radius 3 is 1.91 bits per heavy atom. The number of nitrogens with zero attached hydrogens (tertiary/aromatic N) is 4. The summed E-state index contributed by atoms with van der Waals surface area (Å²) in [5.74, 6) is -5.11. The molecule has 1 fully saturated rings. The van der Waals surface area contributed by atoms with E-state index in [9.17, 15) is 62.1 Å². The third kappa shape index (κ3) is 13.8. The Morgan fingerprint density at radius 1 is 0.927 bits per heavy atom. The number of aliphatic hydroxyl groups is 3. The molecule has 0 aromatic heterocycles. The molecule has 26 nitrogen and oxygen atoms in total. The molecule has 0 bridgehead atoms. The van der Waals surface area contributed by atoms with Crippen molar-refractivity contribution in [2.24, 2.45) is 10.2 Å². The van der Waals surface area contributed by atoms with E-state index in [1.54, 1.807) is 0 Å². The first-order valence-corrected chi connectivity index (χ1v) is 17.0. The fraction of sp³-hybridized carbons (Fsp3) is 0.500. The number of ether oxygens (including phenoxy) is 4. The van der Waals surface area contributed by atoms with Crippen LogP contribution in [-0.4, -0.2) is 167 Å². The van der Waals surface area contributed by atoms with Gasteiger partial charge in [0.25, 0.3) is 30.1 Å². The highest BCUT2D eigenvalue weighted by Crippen LogP contribution is 2.25. The number of hydrazone groups is 2. The zero-order valence-corrected chi connectivity index (χ0v) is 29.1. The normalized spacial score (nSPS) is 24.4. The van der Waals surface area contributed by atoms with Crippen LogP contribution in [-0.2, 0) is 71.9 Å². The summed E-state index contributed by atoms with van der Waals surface area (Å²) >= 11 is 0. The van der Waals surface area contributed by atoms with E-state index in [1.807, 2.05) is 10.9 Å². The van der Waals surface area contributed by atoms with Gasteiger partial charge in [0.05, 0.1) is 19.0 Å². The predicted octanol–water partition coefficient (Wildman–Crippen LogP) is -6.19. The van der Waals surface area contributed by atoms with E-state index in [1.165, 1.54) is 0 Å². The summed E-state index contributed by atoms with van der Waals surface area (Å²) in [5.41, 5.74) is 4.00. The molecule has 27 heteroatoms. The Balaban J connectivity index is 1.79. The van der Waals surface area contributed by atoms with E-state index >= 15 is 0 Å². The molecule has 8 atom stereocenters. The average Bonchev–Trinajstić information content (AvgIpc) is 3.61. The van der Waals surface area contributed by atoms with Crippen LogP contribution in [0, 0.1) is 0 Å². The molecule has 1 saturated heterocycles. The van der Waals surface area contributed by atoms with E-state index in [4.69, 9.17) is 23.5 Å². The standard InChI is InChI=1S/C28H35N7O19S/c1-14(37)31-24-26(25(45)16(52-27(24)46)12-51-55(47,48)49)53-23(11-30-33-18(40)7-9-35-21(43)4-5-22(35)44)54-28(50-13-36)15(38)10-29-32-17(39)6-8-34-19(41)2-3-20(34)42/h2-5,10-11,13,15-16,23-28,38,45-46H,6-9,12H2,1H3,(H,31,37)(H,32,39)(H,33,40)(H,47,48,49)/b29-10+,30-11-. The second-order valence-corrected chi connectivity index (χ2v) is 12.2. The summed E-state index contributed by atoms with van der Waals surface area (Å²) in [4.78, 5) is 96.2. The van der Waals surface area contributed by atoms with E-state index in [-0.39, 0.29) is 19.6 Å². The van der Waals surface area contributed by atoms with Crippen LogP contribution in [0.4, 0.5) is 0 Å². The average molecular weight is 806 g/mol. The van der Waals surface area contributed by atoms with Crippen molar-refractivity contribution in [3.63, 3.8) is 0 Å². The van der Waals surface area contributed by atoms with E-state index in [0.717, 1.165) is 41.0 Å². The molecule has 0 aliphatic carbocycles. The van der Waals surface area contributed by atoms with Crippen molar-refractivity contribution in [3.05, 3.63) is 24.3 Å². The third-order valence-corrected chi connectivity index (χ3v) is 7.63. The topological polar surface area (TPSA) is 365 Å². The van der Waals surface area contributed by atoms with Gasteiger partial charge in [0, 0.05) is 57.2 Å². The smallest absolute Gasteiger partial charge is 0.397 e. The molecule has 55 heavy (non-hydrogen) atoms. The zero-order chi connectivity index (χ0) is 40.9. The van der Waals surface area contributed by atoms with Gasteiger partial charge in [0.2, 0.25) is 24.0 Å². The minimum atomic E-state index is -5.09. The molecular formula is C28H35N7O19S. The minimum absolute atomic E-state index is 0.208.